The Morgan fingerprint density at radius 2 is 2.11 bits per heavy atom. The summed E-state index contributed by atoms with van der Waals surface area (Å²) in [5, 5.41) is 10.1. The first-order valence-corrected chi connectivity index (χ1v) is 7.18. The van der Waals surface area contributed by atoms with Crippen LogP contribution < -0.4 is 0 Å². The maximum absolute atomic E-state index is 12.5. The van der Waals surface area contributed by atoms with Gasteiger partial charge in [0.1, 0.15) is 5.92 Å². The third kappa shape index (κ3) is 2.94. The van der Waals surface area contributed by atoms with Gasteiger partial charge in [-0.25, -0.2) is 0 Å². The molecule has 1 fully saturated rings. The van der Waals surface area contributed by atoms with Gasteiger partial charge < -0.3 is 0 Å². The Morgan fingerprint density at radius 1 is 1.37 bits per heavy atom. The summed E-state index contributed by atoms with van der Waals surface area (Å²) in [5.74, 6) is -0.351. The van der Waals surface area contributed by atoms with Crippen LogP contribution in [-0.2, 0) is 4.79 Å². The number of halogens is 2. The molecular formula is C15H15Cl2NO. The first kappa shape index (κ1) is 14.4. The van der Waals surface area contributed by atoms with E-state index < -0.39 is 5.92 Å². The molecule has 0 saturated heterocycles. The quantitative estimate of drug-likeness (QED) is 0.817. The number of carbonyl (C=O) groups excluding carboxylic acids is 1. The van der Waals surface area contributed by atoms with E-state index in [1.165, 1.54) is 0 Å². The van der Waals surface area contributed by atoms with Gasteiger partial charge in [-0.15, -0.1) is 0 Å². The molecule has 0 radical (unpaired) electrons. The summed E-state index contributed by atoms with van der Waals surface area (Å²) in [6.07, 6.45) is 3.02. The molecule has 3 unspecified atom stereocenters. The lowest BCUT2D eigenvalue weighted by Crippen LogP contribution is -2.23. The number of hydrogen-bond donors (Lipinski definition) is 0. The Balaban J connectivity index is 2.27. The van der Waals surface area contributed by atoms with E-state index in [1.807, 2.05) is 0 Å². The molecule has 19 heavy (non-hydrogen) atoms. The van der Waals surface area contributed by atoms with Gasteiger partial charge in [0, 0.05) is 5.92 Å². The van der Waals surface area contributed by atoms with Gasteiger partial charge in [0.25, 0.3) is 0 Å². The fourth-order valence-corrected chi connectivity index (χ4v) is 3.08. The Hall–Kier alpha value is -1.04. The van der Waals surface area contributed by atoms with Crippen LogP contribution in [0.25, 0.3) is 0 Å². The van der Waals surface area contributed by atoms with Crippen LogP contribution in [-0.4, -0.2) is 5.78 Å². The smallest absolute Gasteiger partial charge is 0.157 e. The molecule has 4 heteroatoms. The van der Waals surface area contributed by atoms with Gasteiger partial charge in [-0.1, -0.05) is 42.6 Å². The van der Waals surface area contributed by atoms with Gasteiger partial charge in [-0.05, 0) is 36.5 Å². The predicted octanol–water partition coefficient (Wildman–Crippen LogP) is 4.61. The number of benzene rings is 1. The maximum Gasteiger partial charge on any atom is 0.157 e. The molecule has 2 nitrogen and oxygen atoms in total. The number of hydrogen-bond acceptors (Lipinski definition) is 2. The van der Waals surface area contributed by atoms with Crippen molar-refractivity contribution in [2.75, 3.05) is 0 Å². The second-order valence-electron chi connectivity index (χ2n) is 5.15. The molecule has 0 aliphatic heterocycles. The van der Waals surface area contributed by atoms with E-state index in [0.717, 1.165) is 19.3 Å². The standard InChI is InChI=1S/C15H15Cl2NO/c1-9-3-2-4-11(9)15(19)12(8-18)10-5-6-13(16)14(17)7-10/h5-7,9,11-12H,2-4H2,1H3. The fourth-order valence-electron chi connectivity index (χ4n) is 2.78. The molecule has 0 bridgehead atoms. The van der Waals surface area contributed by atoms with Crippen molar-refractivity contribution in [3.05, 3.63) is 33.8 Å². The van der Waals surface area contributed by atoms with E-state index >= 15 is 0 Å². The molecule has 0 heterocycles. The molecule has 1 aliphatic carbocycles. The Bertz CT molecular complexity index is 535. The fraction of sp³-hybridized carbons (Fsp3) is 0.467. The summed E-state index contributed by atoms with van der Waals surface area (Å²) >= 11 is 11.8. The number of nitriles is 1. The average molecular weight is 296 g/mol. The Labute approximate surface area is 123 Å². The lowest BCUT2D eigenvalue weighted by molar-refractivity contribution is -0.124. The van der Waals surface area contributed by atoms with Crippen molar-refractivity contribution in [1.82, 2.24) is 0 Å². The van der Waals surface area contributed by atoms with Crippen molar-refractivity contribution >= 4 is 29.0 Å². The summed E-state index contributed by atoms with van der Waals surface area (Å²) in [5.41, 5.74) is 0.640. The number of ketones is 1. The van der Waals surface area contributed by atoms with Crippen molar-refractivity contribution in [2.24, 2.45) is 11.8 Å². The molecule has 1 aromatic carbocycles. The highest BCUT2D eigenvalue weighted by atomic mass is 35.5. The maximum atomic E-state index is 12.5. The highest BCUT2D eigenvalue weighted by molar-refractivity contribution is 6.42. The molecule has 2 rings (SSSR count). The van der Waals surface area contributed by atoms with Gasteiger partial charge in [0.15, 0.2) is 5.78 Å². The van der Waals surface area contributed by atoms with E-state index in [1.54, 1.807) is 18.2 Å². The van der Waals surface area contributed by atoms with Crippen molar-refractivity contribution in [3.63, 3.8) is 0 Å². The summed E-state index contributed by atoms with van der Waals surface area (Å²) < 4.78 is 0. The van der Waals surface area contributed by atoms with Crippen LogP contribution in [0.2, 0.25) is 10.0 Å². The van der Waals surface area contributed by atoms with Crippen molar-refractivity contribution in [1.29, 1.82) is 5.26 Å². The van der Waals surface area contributed by atoms with Gasteiger partial charge >= 0.3 is 0 Å². The van der Waals surface area contributed by atoms with Crippen LogP contribution in [0.5, 0.6) is 0 Å². The van der Waals surface area contributed by atoms with Crippen molar-refractivity contribution in [2.45, 2.75) is 32.1 Å². The highest BCUT2D eigenvalue weighted by Gasteiger charge is 2.34. The molecule has 1 aliphatic rings. The normalized spacial score (nSPS) is 23.9. The molecule has 3 atom stereocenters. The van der Waals surface area contributed by atoms with Gasteiger partial charge in [0.2, 0.25) is 0 Å². The van der Waals surface area contributed by atoms with Crippen LogP contribution in [0, 0.1) is 23.2 Å². The van der Waals surface area contributed by atoms with Crippen LogP contribution in [0.3, 0.4) is 0 Å². The summed E-state index contributed by atoms with van der Waals surface area (Å²) in [6.45, 7) is 2.08. The molecule has 0 spiro atoms. The molecule has 0 aromatic heterocycles. The zero-order valence-electron chi connectivity index (χ0n) is 10.7. The number of Topliss-reactive ketones (excluding diaryl/α,β-unsaturated/α-hetero) is 1. The lowest BCUT2D eigenvalue weighted by Gasteiger charge is -2.18. The van der Waals surface area contributed by atoms with Gasteiger partial charge in [-0.2, -0.15) is 5.26 Å². The lowest BCUT2D eigenvalue weighted by atomic mass is 9.83. The molecule has 0 amide bonds. The van der Waals surface area contributed by atoms with E-state index in [0.29, 0.717) is 21.5 Å². The average Bonchev–Trinajstić information content (AvgIpc) is 2.80. The second-order valence-corrected chi connectivity index (χ2v) is 5.97. The van der Waals surface area contributed by atoms with Crippen LogP contribution >= 0.6 is 23.2 Å². The monoisotopic (exact) mass is 295 g/mol. The minimum Gasteiger partial charge on any atom is -0.298 e. The van der Waals surface area contributed by atoms with Gasteiger partial charge in [0.05, 0.1) is 16.1 Å². The molecular weight excluding hydrogens is 281 g/mol. The number of rotatable bonds is 3. The number of nitrogens with zero attached hydrogens (tertiary/aromatic N) is 1. The first-order valence-electron chi connectivity index (χ1n) is 6.43. The predicted molar refractivity (Wildman–Crippen MR) is 76.3 cm³/mol. The SMILES string of the molecule is CC1CCCC1C(=O)C(C#N)c1ccc(Cl)c(Cl)c1. The largest absolute Gasteiger partial charge is 0.298 e. The zero-order valence-corrected chi connectivity index (χ0v) is 12.2. The molecule has 1 saturated carbocycles. The Morgan fingerprint density at radius 3 is 2.63 bits per heavy atom. The molecule has 0 N–H and O–H groups in total. The van der Waals surface area contributed by atoms with Crippen molar-refractivity contribution in [3.8, 4) is 6.07 Å². The van der Waals surface area contributed by atoms with Gasteiger partial charge in [-0.3, -0.25) is 4.79 Å². The summed E-state index contributed by atoms with van der Waals surface area (Å²) in [6, 6.07) is 7.07. The summed E-state index contributed by atoms with van der Waals surface area (Å²) in [4.78, 5) is 12.5. The minimum atomic E-state index is -0.736. The summed E-state index contributed by atoms with van der Waals surface area (Å²) in [7, 11) is 0. The first-order chi connectivity index (χ1) is 9.04. The van der Waals surface area contributed by atoms with Crippen LogP contribution in [0.4, 0.5) is 0 Å². The topological polar surface area (TPSA) is 40.9 Å². The van der Waals surface area contributed by atoms with E-state index in [-0.39, 0.29) is 11.7 Å². The second kappa shape index (κ2) is 5.94. The van der Waals surface area contributed by atoms with E-state index in [9.17, 15) is 10.1 Å². The highest BCUT2D eigenvalue weighted by Crippen LogP contribution is 2.36. The van der Waals surface area contributed by atoms with Crippen LogP contribution in [0.1, 0.15) is 37.7 Å². The number of carbonyl (C=O) groups is 1. The van der Waals surface area contributed by atoms with Crippen molar-refractivity contribution < 1.29 is 4.79 Å². The minimum absolute atomic E-state index is 0.000830. The third-order valence-corrected chi connectivity index (χ3v) is 4.66. The third-order valence-electron chi connectivity index (χ3n) is 3.92. The molecule has 100 valence electrons. The van der Waals surface area contributed by atoms with E-state index in [4.69, 9.17) is 23.2 Å². The van der Waals surface area contributed by atoms with Crippen LogP contribution in [0.15, 0.2) is 18.2 Å². The zero-order chi connectivity index (χ0) is 14.0. The molecule has 1 aromatic rings. The van der Waals surface area contributed by atoms with E-state index in [2.05, 4.69) is 13.0 Å². The Kier molecular flexibility index (Phi) is 4.50.